The van der Waals surface area contributed by atoms with E-state index in [2.05, 4.69) is 0 Å². The van der Waals surface area contributed by atoms with Gasteiger partial charge in [0.2, 0.25) is 0 Å². The Morgan fingerprint density at radius 1 is 1.28 bits per heavy atom. The molecular formula is C11H15Cl2F3N2. The molecule has 0 aliphatic rings. The summed E-state index contributed by atoms with van der Waals surface area (Å²) in [4.78, 5) is 0. The molecule has 1 aromatic rings. The van der Waals surface area contributed by atoms with E-state index in [4.69, 9.17) is 23.1 Å². The Hall–Kier alpha value is -0.490. The monoisotopic (exact) mass is 302 g/mol. The van der Waals surface area contributed by atoms with Gasteiger partial charge in [-0.3, -0.25) is 0 Å². The van der Waals surface area contributed by atoms with E-state index in [1.165, 1.54) is 12.1 Å². The van der Waals surface area contributed by atoms with Gasteiger partial charge in [0.1, 0.15) is 0 Å². The second-order valence-corrected chi connectivity index (χ2v) is 4.20. The second kappa shape index (κ2) is 7.19. The maximum atomic E-state index is 12.8. The summed E-state index contributed by atoms with van der Waals surface area (Å²) < 4.78 is 38.3. The van der Waals surface area contributed by atoms with Crippen LogP contribution in [0.15, 0.2) is 18.2 Å². The Bertz CT molecular complexity index is 383. The summed E-state index contributed by atoms with van der Waals surface area (Å²) in [7, 11) is 0. The summed E-state index contributed by atoms with van der Waals surface area (Å²) >= 11 is 5.57. The molecule has 1 atom stereocenters. The van der Waals surface area contributed by atoms with Gasteiger partial charge in [-0.2, -0.15) is 13.2 Å². The number of nitrogens with two attached hydrogens (primary N) is 2. The van der Waals surface area contributed by atoms with Crippen LogP contribution in [-0.2, 0) is 6.18 Å². The van der Waals surface area contributed by atoms with Crippen molar-refractivity contribution >= 4 is 24.0 Å². The molecule has 0 spiro atoms. The van der Waals surface area contributed by atoms with E-state index in [0.29, 0.717) is 19.4 Å². The van der Waals surface area contributed by atoms with Gasteiger partial charge in [-0.05, 0) is 37.1 Å². The first-order valence-electron chi connectivity index (χ1n) is 5.18. The molecule has 0 aliphatic carbocycles. The van der Waals surface area contributed by atoms with Crippen molar-refractivity contribution in [3.63, 3.8) is 0 Å². The minimum Gasteiger partial charge on any atom is -0.330 e. The third kappa shape index (κ3) is 4.65. The van der Waals surface area contributed by atoms with Crippen molar-refractivity contribution < 1.29 is 13.2 Å². The first kappa shape index (κ1) is 17.5. The SMILES string of the molecule is Cl.NCCC[C@@H](N)c1ccc(Cl)cc1C(F)(F)F. The Labute approximate surface area is 115 Å². The lowest BCUT2D eigenvalue weighted by Gasteiger charge is -2.18. The van der Waals surface area contributed by atoms with Crippen molar-refractivity contribution in [2.75, 3.05) is 6.54 Å². The average molecular weight is 303 g/mol. The highest BCUT2D eigenvalue weighted by Gasteiger charge is 2.34. The average Bonchev–Trinajstić information content (AvgIpc) is 2.24. The zero-order valence-corrected chi connectivity index (χ0v) is 11.1. The van der Waals surface area contributed by atoms with E-state index in [0.717, 1.165) is 6.07 Å². The van der Waals surface area contributed by atoms with Crippen LogP contribution in [0.4, 0.5) is 13.2 Å². The third-order valence-corrected chi connectivity index (χ3v) is 2.67. The van der Waals surface area contributed by atoms with Crippen molar-refractivity contribution in [3.8, 4) is 0 Å². The lowest BCUT2D eigenvalue weighted by Crippen LogP contribution is -2.18. The maximum Gasteiger partial charge on any atom is 0.416 e. The highest BCUT2D eigenvalue weighted by Crippen LogP contribution is 2.36. The van der Waals surface area contributed by atoms with Gasteiger partial charge in [-0.15, -0.1) is 12.4 Å². The molecule has 0 saturated heterocycles. The predicted molar refractivity (Wildman–Crippen MR) is 68.9 cm³/mol. The number of rotatable bonds is 4. The van der Waals surface area contributed by atoms with E-state index >= 15 is 0 Å². The van der Waals surface area contributed by atoms with Crippen LogP contribution in [0.5, 0.6) is 0 Å². The van der Waals surface area contributed by atoms with Gasteiger partial charge < -0.3 is 11.5 Å². The lowest BCUT2D eigenvalue weighted by atomic mass is 9.97. The molecule has 7 heteroatoms. The second-order valence-electron chi connectivity index (χ2n) is 3.77. The molecule has 104 valence electrons. The summed E-state index contributed by atoms with van der Waals surface area (Å²) in [6, 6.07) is 2.97. The highest BCUT2D eigenvalue weighted by molar-refractivity contribution is 6.30. The largest absolute Gasteiger partial charge is 0.416 e. The number of hydrogen-bond acceptors (Lipinski definition) is 2. The normalized spacial score (nSPS) is 13.0. The van der Waals surface area contributed by atoms with Crippen LogP contribution >= 0.6 is 24.0 Å². The quantitative estimate of drug-likeness (QED) is 0.894. The predicted octanol–water partition coefficient (Wildman–Crippen LogP) is 3.52. The van der Waals surface area contributed by atoms with E-state index in [9.17, 15) is 13.2 Å². The summed E-state index contributed by atoms with van der Waals surface area (Å²) in [5, 5.41) is 0.0482. The van der Waals surface area contributed by atoms with Gasteiger partial charge in [-0.1, -0.05) is 17.7 Å². The van der Waals surface area contributed by atoms with Crippen molar-refractivity contribution in [2.24, 2.45) is 11.5 Å². The zero-order valence-electron chi connectivity index (χ0n) is 9.51. The third-order valence-electron chi connectivity index (χ3n) is 2.44. The van der Waals surface area contributed by atoms with E-state index in [-0.39, 0.29) is 23.0 Å². The summed E-state index contributed by atoms with van der Waals surface area (Å²) in [5.41, 5.74) is 10.3. The molecule has 1 rings (SSSR count). The molecule has 0 fully saturated rings. The van der Waals surface area contributed by atoms with Crippen LogP contribution in [0.1, 0.15) is 30.0 Å². The van der Waals surface area contributed by atoms with Crippen molar-refractivity contribution in [3.05, 3.63) is 34.3 Å². The smallest absolute Gasteiger partial charge is 0.330 e. The molecule has 0 aromatic heterocycles. The minimum atomic E-state index is -4.44. The van der Waals surface area contributed by atoms with Gasteiger partial charge in [-0.25, -0.2) is 0 Å². The molecule has 0 saturated carbocycles. The summed E-state index contributed by atoms with van der Waals surface area (Å²) in [6.07, 6.45) is -3.44. The molecule has 0 radical (unpaired) electrons. The van der Waals surface area contributed by atoms with E-state index in [1.807, 2.05) is 0 Å². The Balaban J connectivity index is 0.00000289. The molecule has 4 N–H and O–H groups in total. The Morgan fingerprint density at radius 3 is 2.39 bits per heavy atom. The summed E-state index contributed by atoms with van der Waals surface area (Å²) in [6.45, 7) is 0.405. The Kier molecular flexibility index (Phi) is 6.99. The molecule has 18 heavy (non-hydrogen) atoms. The van der Waals surface area contributed by atoms with Gasteiger partial charge in [0.15, 0.2) is 0 Å². The number of halogens is 5. The van der Waals surface area contributed by atoms with Crippen LogP contribution in [0.3, 0.4) is 0 Å². The molecule has 0 bridgehead atoms. The molecule has 0 aliphatic heterocycles. The number of hydrogen-bond donors (Lipinski definition) is 2. The van der Waals surface area contributed by atoms with Gasteiger partial charge in [0.05, 0.1) is 5.56 Å². The van der Waals surface area contributed by atoms with E-state index in [1.54, 1.807) is 0 Å². The van der Waals surface area contributed by atoms with Crippen LogP contribution in [0.25, 0.3) is 0 Å². The Morgan fingerprint density at radius 2 is 1.89 bits per heavy atom. The van der Waals surface area contributed by atoms with E-state index < -0.39 is 17.8 Å². The molecule has 2 nitrogen and oxygen atoms in total. The molecule has 0 amide bonds. The van der Waals surface area contributed by atoms with Gasteiger partial charge in [0, 0.05) is 11.1 Å². The molecule has 0 unspecified atom stereocenters. The van der Waals surface area contributed by atoms with Crippen LogP contribution in [0.2, 0.25) is 5.02 Å². The van der Waals surface area contributed by atoms with Crippen LogP contribution in [0, 0.1) is 0 Å². The first-order chi connectivity index (χ1) is 7.86. The number of alkyl halides is 3. The first-order valence-corrected chi connectivity index (χ1v) is 5.56. The standard InChI is InChI=1S/C11H14ClF3N2.ClH/c12-7-3-4-8(10(17)2-1-5-16)9(6-7)11(13,14)15;/h3-4,6,10H,1-2,5,16-17H2;1H/t10-;/m1./s1. The highest BCUT2D eigenvalue weighted by atomic mass is 35.5. The minimum absolute atomic E-state index is 0. The zero-order chi connectivity index (χ0) is 13.1. The fraction of sp³-hybridized carbons (Fsp3) is 0.455. The fourth-order valence-electron chi connectivity index (χ4n) is 1.59. The molecule has 0 heterocycles. The van der Waals surface area contributed by atoms with Gasteiger partial charge >= 0.3 is 6.18 Å². The maximum absolute atomic E-state index is 12.8. The molecule has 1 aromatic carbocycles. The van der Waals surface area contributed by atoms with Gasteiger partial charge in [0.25, 0.3) is 0 Å². The van der Waals surface area contributed by atoms with Crippen molar-refractivity contribution in [1.29, 1.82) is 0 Å². The fourth-order valence-corrected chi connectivity index (χ4v) is 1.76. The molecular weight excluding hydrogens is 288 g/mol. The summed E-state index contributed by atoms with van der Waals surface area (Å²) in [5.74, 6) is 0. The van der Waals surface area contributed by atoms with Crippen molar-refractivity contribution in [1.82, 2.24) is 0 Å². The van der Waals surface area contributed by atoms with Crippen LogP contribution in [-0.4, -0.2) is 6.54 Å². The lowest BCUT2D eigenvalue weighted by molar-refractivity contribution is -0.138. The van der Waals surface area contributed by atoms with Crippen molar-refractivity contribution in [2.45, 2.75) is 25.1 Å². The topological polar surface area (TPSA) is 52.0 Å². The number of benzene rings is 1. The van der Waals surface area contributed by atoms with Crippen LogP contribution < -0.4 is 11.5 Å².